The number of thiazole rings is 2. The number of nitrogens with one attached hydrogen (secondary N) is 4. The number of methoxy groups -OCH3 is 2. The minimum atomic E-state index is -4.49. The Morgan fingerprint density at radius 2 is 0.932 bits per heavy atom. The van der Waals surface area contributed by atoms with Gasteiger partial charge in [-0.2, -0.15) is 41.8 Å². The number of amides is 2. The normalized spacial score (nSPS) is 15.0. The summed E-state index contributed by atoms with van der Waals surface area (Å²) in [6.45, 7) is 15.9. The average Bonchev–Trinajstić information content (AvgIpc) is 1.52. The summed E-state index contributed by atoms with van der Waals surface area (Å²) in [7, 11) is -5.83. The second kappa shape index (κ2) is 34.8. The average molecular weight is 1500 g/mol. The molecule has 103 heavy (non-hydrogen) atoms. The van der Waals surface area contributed by atoms with E-state index < -0.39 is 43.6 Å². The predicted molar refractivity (Wildman–Crippen MR) is 404 cm³/mol. The van der Waals surface area contributed by atoms with Crippen molar-refractivity contribution in [3.8, 4) is 11.5 Å². The van der Waals surface area contributed by atoms with E-state index in [2.05, 4.69) is 40.9 Å². The molecule has 2 aliphatic heterocycles. The summed E-state index contributed by atoms with van der Waals surface area (Å²) >= 11 is 3.83. The van der Waals surface area contributed by atoms with E-state index in [4.69, 9.17) is 54.9 Å². The standard InChI is InChI=1S/C69H83N17O12S5/c1-9-83(10-2)55-38-51(53(40-57(55)97-7)79-81-68-74-61(85-32-18-14-19-33-85)59(100-68)36-49(42(5)87)63(89)70-44-24-28-47(29-25-44)102(91,92)93)72-65-76-66(78-67(77-65)99-46-22-16-13-17-23-46)73-52-39-56(84(11-3)12-4)58(98-8)41-54(52)80-82-69-75-62(86-34-20-15-21-35-86)60(101-69)37-50(43(6)88)64(90)71-45-26-30-48(31-27-45)103(94,95)96/h24-31,36-41,46H,9-23,32-35H2,1-8H3,(H,70,89)(H,71,90)(H,91,92,93)(H,94,95,96)(H2,72,73,76,77,78). The number of thioether (sulfide) groups is 1. The van der Waals surface area contributed by atoms with Crippen molar-refractivity contribution in [1.29, 1.82) is 0 Å². The molecular formula is C69H83N17O12S5. The number of hydrogen-bond donors (Lipinski definition) is 6. The summed E-state index contributed by atoms with van der Waals surface area (Å²) in [5.41, 5.74) is 3.01. The molecule has 546 valence electrons. The zero-order valence-corrected chi connectivity index (χ0v) is 62.5. The lowest BCUT2D eigenvalue weighted by atomic mass is 10.0. The van der Waals surface area contributed by atoms with Gasteiger partial charge in [-0.3, -0.25) is 28.3 Å². The molecular weight excluding hydrogens is 1420 g/mol. The highest BCUT2D eigenvalue weighted by Gasteiger charge is 2.28. The van der Waals surface area contributed by atoms with E-state index in [9.17, 15) is 45.1 Å². The molecule has 10 rings (SSSR count). The number of piperidine rings is 2. The van der Waals surface area contributed by atoms with Crippen LogP contribution in [-0.2, 0) is 39.4 Å². The molecule has 0 bridgehead atoms. The van der Waals surface area contributed by atoms with Crippen LogP contribution >= 0.6 is 34.4 Å². The molecule has 29 nitrogen and oxygen atoms in total. The van der Waals surface area contributed by atoms with E-state index >= 15 is 0 Å². The van der Waals surface area contributed by atoms with Gasteiger partial charge in [0.05, 0.1) is 67.7 Å². The Kier molecular flexibility index (Phi) is 25.8. The molecule has 3 fully saturated rings. The lowest BCUT2D eigenvalue weighted by molar-refractivity contribution is -0.120. The maximum Gasteiger partial charge on any atom is 0.294 e. The van der Waals surface area contributed by atoms with Crippen molar-refractivity contribution >= 4 is 169 Å². The maximum absolute atomic E-state index is 13.9. The van der Waals surface area contributed by atoms with Crippen molar-refractivity contribution in [1.82, 2.24) is 24.9 Å². The number of azo groups is 2. The highest BCUT2D eigenvalue weighted by Crippen LogP contribution is 2.45. The van der Waals surface area contributed by atoms with E-state index in [1.54, 1.807) is 38.1 Å². The highest BCUT2D eigenvalue weighted by atomic mass is 32.2. The van der Waals surface area contributed by atoms with Gasteiger partial charge in [0.1, 0.15) is 34.5 Å². The quantitative estimate of drug-likeness (QED) is 0.00800. The van der Waals surface area contributed by atoms with Gasteiger partial charge in [0, 0.05) is 81.1 Å². The van der Waals surface area contributed by atoms with E-state index in [1.165, 1.54) is 50.3 Å². The van der Waals surface area contributed by atoms with E-state index in [0.29, 0.717) is 113 Å². The van der Waals surface area contributed by atoms with Crippen molar-refractivity contribution in [2.45, 2.75) is 132 Å². The smallest absolute Gasteiger partial charge is 0.294 e. The van der Waals surface area contributed by atoms with Crippen LogP contribution in [-0.4, -0.2) is 146 Å². The number of benzene rings is 4. The molecule has 5 heterocycles. The predicted octanol–water partition coefficient (Wildman–Crippen LogP) is 14.9. The van der Waals surface area contributed by atoms with Crippen LogP contribution in [0.5, 0.6) is 11.5 Å². The van der Waals surface area contributed by atoms with Crippen molar-refractivity contribution < 1.29 is 54.6 Å². The fraction of sp³-hybridized carbons (Fsp3) is 0.406. The largest absolute Gasteiger partial charge is 0.494 e. The minimum Gasteiger partial charge on any atom is -0.494 e. The zero-order chi connectivity index (χ0) is 73.5. The summed E-state index contributed by atoms with van der Waals surface area (Å²) in [4.78, 5) is 88.1. The van der Waals surface area contributed by atoms with Gasteiger partial charge in [-0.1, -0.05) is 53.7 Å². The molecule has 7 aromatic rings. The van der Waals surface area contributed by atoms with Crippen LogP contribution in [0.2, 0.25) is 0 Å². The van der Waals surface area contributed by atoms with Crippen LogP contribution in [0, 0.1) is 0 Å². The molecule has 2 amide bonds. The second-order valence-corrected chi connectivity index (χ2v) is 30.4. The number of hydrogen-bond acceptors (Lipinski definition) is 28. The molecule has 0 spiro atoms. The van der Waals surface area contributed by atoms with Gasteiger partial charge in [0.25, 0.3) is 32.1 Å². The number of aromatic nitrogens is 5. The van der Waals surface area contributed by atoms with Crippen LogP contribution in [0.3, 0.4) is 0 Å². The number of ether oxygens (including phenoxy) is 2. The Balaban J connectivity index is 1.04. The summed E-state index contributed by atoms with van der Waals surface area (Å²) in [6.07, 6.45) is 13.7. The number of rotatable bonds is 30. The lowest BCUT2D eigenvalue weighted by Gasteiger charge is -2.27. The van der Waals surface area contributed by atoms with Gasteiger partial charge >= 0.3 is 0 Å². The summed E-state index contributed by atoms with van der Waals surface area (Å²) in [6, 6.07) is 17.1. The third-order valence-electron chi connectivity index (χ3n) is 17.4. The number of Topliss-reactive ketones (excluding diaryl/α,β-unsaturated/α-hetero) is 2. The molecule has 0 unspecified atom stereocenters. The van der Waals surface area contributed by atoms with Gasteiger partial charge < -0.3 is 50.3 Å². The first-order valence-electron chi connectivity index (χ1n) is 33.9. The Hall–Kier alpha value is -9.32. The molecule has 3 aromatic heterocycles. The fourth-order valence-electron chi connectivity index (χ4n) is 12.0. The summed E-state index contributed by atoms with van der Waals surface area (Å²) < 4.78 is 78.0. The van der Waals surface area contributed by atoms with Gasteiger partial charge in [-0.25, -0.2) is 0 Å². The van der Waals surface area contributed by atoms with Gasteiger partial charge in [0.15, 0.2) is 16.7 Å². The maximum atomic E-state index is 13.9. The first-order chi connectivity index (χ1) is 49.4. The molecule has 1 saturated carbocycles. The summed E-state index contributed by atoms with van der Waals surface area (Å²) in [5, 5.41) is 32.6. The molecule has 2 saturated heterocycles. The molecule has 0 radical (unpaired) electrons. The van der Waals surface area contributed by atoms with E-state index in [1.807, 2.05) is 39.8 Å². The Labute approximate surface area is 610 Å². The third kappa shape index (κ3) is 19.7. The van der Waals surface area contributed by atoms with Gasteiger partial charge in [0.2, 0.25) is 22.2 Å². The fourth-order valence-corrected chi connectivity index (χ4v) is 15.8. The van der Waals surface area contributed by atoms with Crippen LogP contribution in [0.25, 0.3) is 12.2 Å². The monoisotopic (exact) mass is 1500 g/mol. The van der Waals surface area contributed by atoms with Crippen molar-refractivity contribution in [3.63, 3.8) is 0 Å². The SMILES string of the molecule is CCN(CC)c1cc(Nc2nc(Nc3cc(N(CC)CC)c(OC)cc3N=Nc3nc(N4CCCCC4)c(C=C(C(C)=O)C(=O)Nc4ccc(S(=O)(=O)O)cc4)s3)nc(SC3CCCCC3)n2)c(N=Nc2nc(N3CCCCC3)c(C=C(C(C)=O)C(=O)Nc3ccc(S(=O)(=O)O)cc3)s2)cc1OC. The molecule has 1 aliphatic carbocycles. The molecule has 4 aromatic carbocycles. The Morgan fingerprint density at radius 3 is 1.28 bits per heavy atom. The minimum absolute atomic E-state index is 0.157. The number of ketones is 2. The van der Waals surface area contributed by atoms with Crippen LogP contribution in [0.4, 0.5) is 79.3 Å². The third-order valence-corrected chi connectivity index (χ3v) is 22.1. The number of nitrogens with zero attached hydrogens (tertiary/aromatic N) is 13. The molecule has 6 N–H and O–H groups in total. The highest BCUT2D eigenvalue weighted by molar-refractivity contribution is 7.99. The van der Waals surface area contributed by atoms with Gasteiger partial charge in [-0.15, -0.1) is 20.5 Å². The van der Waals surface area contributed by atoms with Crippen molar-refractivity contribution in [2.75, 3.05) is 107 Å². The Morgan fingerprint density at radius 1 is 0.553 bits per heavy atom. The van der Waals surface area contributed by atoms with Crippen LogP contribution in [0.15, 0.2) is 119 Å². The number of anilines is 10. The van der Waals surface area contributed by atoms with Crippen molar-refractivity contribution in [2.24, 2.45) is 20.5 Å². The zero-order valence-electron chi connectivity index (χ0n) is 58.4. The molecule has 0 atom stereocenters. The topological polar surface area (TPSA) is 370 Å². The molecule has 34 heteroatoms. The van der Waals surface area contributed by atoms with Gasteiger partial charge in [-0.05, 0) is 166 Å². The van der Waals surface area contributed by atoms with Crippen LogP contribution in [0.1, 0.15) is 122 Å². The van der Waals surface area contributed by atoms with E-state index in [-0.39, 0.29) is 59.7 Å². The first-order valence-corrected chi connectivity index (χ1v) is 39.3. The number of carbonyl (C=O) groups excluding carboxylic acids is 4. The van der Waals surface area contributed by atoms with E-state index in [0.717, 1.165) is 129 Å². The molecule has 3 aliphatic rings. The number of carbonyl (C=O) groups is 4. The first kappa shape index (κ1) is 76.3. The Bertz CT molecular complexity index is 4320. The van der Waals surface area contributed by atoms with Crippen LogP contribution < -0.4 is 50.3 Å². The summed E-state index contributed by atoms with van der Waals surface area (Å²) in [5.74, 6) is -0.221. The second-order valence-electron chi connectivity index (χ2n) is 24.3. The van der Waals surface area contributed by atoms with Crippen molar-refractivity contribution in [3.05, 3.63) is 93.7 Å². The lowest BCUT2D eigenvalue weighted by Crippen LogP contribution is -2.30.